The Morgan fingerprint density at radius 3 is 2.31 bits per heavy atom. The van der Waals surface area contributed by atoms with Crippen LogP contribution in [-0.4, -0.2) is 37.5 Å². The monoisotopic (exact) mass is 467 g/mol. The summed E-state index contributed by atoms with van der Waals surface area (Å²) in [4.78, 5) is 43.9. The van der Waals surface area contributed by atoms with Gasteiger partial charge in [-0.3, -0.25) is 19.7 Å². The number of methoxy groups -OCH3 is 1. The maximum atomic E-state index is 14.5. The highest BCUT2D eigenvalue weighted by atomic mass is 16.5. The van der Waals surface area contributed by atoms with Gasteiger partial charge in [0.05, 0.1) is 7.11 Å². The highest BCUT2D eigenvalue weighted by molar-refractivity contribution is 6.19. The fraction of sp³-hybridized carbons (Fsp3) is 0.250. The number of hydrogen-bond acceptors (Lipinski definition) is 5. The molecule has 35 heavy (non-hydrogen) atoms. The number of rotatable bonds is 3. The zero-order valence-corrected chi connectivity index (χ0v) is 19.4. The molecule has 3 aliphatic heterocycles. The van der Waals surface area contributed by atoms with Crippen molar-refractivity contribution in [2.45, 2.75) is 29.8 Å². The Morgan fingerprint density at radius 2 is 1.60 bits per heavy atom. The second-order valence-electron chi connectivity index (χ2n) is 9.16. The number of anilines is 2. The molecule has 2 amide bonds. The van der Waals surface area contributed by atoms with Crippen molar-refractivity contribution in [3.05, 3.63) is 95.6 Å². The zero-order chi connectivity index (χ0) is 24.4. The van der Waals surface area contributed by atoms with Crippen LogP contribution in [0.3, 0.4) is 0 Å². The van der Waals surface area contributed by atoms with Gasteiger partial charge in [0.25, 0.3) is 5.91 Å². The summed E-state index contributed by atoms with van der Waals surface area (Å²) in [6.45, 7) is 2.34. The summed E-state index contributed by atoms with van der Waals surface area (Å²) in [5.74, 6) is -1.78. The average Bonchev–Trinajstić information content (AvgIpc) is 3.47. The summed E-state index contributed by atoms with van der Waals surface area (Å²) in [5.41, 5.74) is 0.604. The van der Waals surface area contributed by atoms with E-state index in [9.17, 15) is 14.4 Å². The molecular weight excluding hydrogens is 442 g/mol. The summed E-state index contributed by atoms with van der Waals surface area (Å²) < 4.78 is 5.23. The van der Waals surface area contributed by atoms with E-state index >= 15 is 0 Å². The zero-order valence-electron chi connectivity index (χ0n) is 19.4. The van der Waals surface area contributed by atoms with Gasteiger partial charge in [0.1, 0.15) is 17.0 Å². The Hall–Kier alpha value is -3.97. The highest BCUT2D eigenvalue weighted by Crippen LogP contribution is 2.65. The molecule has 0 radical (unpaired) electrons. The predicted molar refractivity (Wildman–Crippen MR) is 131 cm³/mol. The second-order valence-corrected chi connectivity index (χ2v) is 9.16. The number of carbonyl (C=O) groups is 3. The summed E-state index contributed by atoms with van der Waals surface area (Å²) in [6, 6.07) is 23.5. The van der Waals surface area contributed by atoms with Gasteiger partial charge < -0.3 is 15.0 Å². The topological polar surface area (TPSA) is 87.7 Å². The number of ether oxygens (including phenoxy) is 1. The van der Waals surface area contributed by atoms with Crippen molar-refractivity contribution in [2.24, 2.45) is 0 Å². The first-order valence-corrected chi connectivity index (χ1v) is 11.7. The Labute approximate surface area is 203 Å². The van der Waals surface area contributed by atoms with Crippen LogP contribution in [0, 0.1) is 0 Å². The molecule has 0 saturated carbocycles. The van der Waals surface area contributed by atoms with Crippen LogP contribution < -0.4 is 15.5 Å². The van der Waals surface area contributed by atoms with E-state index in [4.69, 9.17) is 4.74 Å². The molecule has 7 nitrogen and oxygen atoms in total. The minimum atomic E-state index is -1.50. The van der Waals surface area contributed by atoms with Crippen LogP contribution in [0.2, 0.25) is 0 Å². The van der Waals surface area contributed by atoms with Gasteiger partial charge in [0.2, 0.25) is 5.91 Å². The molecule has 3 heterocycles. The quantitative estimate of drug-likeness (QED) is 0.578. The molecule has 0 aliphatic carbocycles. The van der Waals surface area contributed by atoms with Gasteiger partial charge in [0, 0.05) is 29.4 Å². The molecule has 2 N–H and O–H groups in total. The van der Waals surface area contributed by atoms with E-state index < -0.39 is 28.9 Å². The smallest absolute Gasteiger partial charge is 0.323 e. The van der Waals surface area contributed by atoms with Crippen molar-refractivity contribution in [2.75, 3.05) is 23.9 Å². The van der Waals surface area contributed by atoms with Gasteiger partial charge in [0.15, 0.2) is 0 Å². The lowest BCUT2D eigenvalue weighted by Gasteiger charge is -2.41. The molecule has 3 aliphatic rings. The van der Waals surface area contributed by atoms with E-state index in [-0.39, 0.29) is 11.8 Å². The lowest BCUT2D eigenvalue weighted by atomic mass is 9.57. The van der Waals surface area contributed by atoms with Crippen molar-refractivity contribution in [3.63, 3.8) is 0 Å². The van der Waals surface area contributed by atoms with E-state index in [0.29, 0.717) is 23.4 Å². The second kappa shape index (κ2) is 7.52. The van der Waals surface area contributed by atoms with Crippen LogP contribution in [0.25, 0.3) is 0 Å². The number of nitrogens with one attached hydrogen (secondary N) is 2. The average molecular weight is 468 g/mol. The number of likely N-dealkylation sites (N-methyl/N-ethyl adjacent to an activating group) is 1. The Morgan fingerprint density at radius 1 is 0.943 bits per heavy atom. The van der Waals surface area contributed by atoms with Gasteiger partial charge in [-0.05, 0) is 30.2 Å². The van der Waals surface area contributed by atoms with Crippen molar-refractivity contribution < 1.29 is 19.1 Å². The van der Waals surface area contributed by atoms with Crippen molar-refractivity contribution in [1.29, 1.82) is 0 Å². The normalized spacial score (nSPS) is 28.3. The maximum absolute atomic E-state index is 14.5. The number of nitrogens with zero attached hydrogens (tertiary/aromatic N) is 1. The summed E-state index contributed by atoms with van der Waals surface area (Å²) >= 11 is 0. The van der Waals surface area contributed by atoms with Crippen LogP contribution in [0.4, 0.5) is 11.4 Å². The predicted octanol–water partition coefficient (Wildman–Crippen LogP) is 3.07. The molecule has 6 rings (SSSR count). The van der Waals surface area contributed by atoms with Gasteiger partial charge in [-0.1, -0.05) is 66.7 Å². The SMILES string of the molecule is CCN1C(=O)[C@@]2(N[C@@H](C(=O)OC)[C@H](c3ccccc3)[C@@]23C(=O)Nc2ccccc23)c2ccccc21. The number of amides is 2. The number of benzene rings is 3. The van der Waals surface area contributed by atoms with Crippen molar-refractivity contribution in [1.82, 2.24) is 5.32 Å². The lowest BCUT2D eigenvalue weighted by molar-refractivity contribution is -0.143. The molecule has 0 bridgehead atoms. The fourth-order valence-electron chi connectivity index (χ4n) is 6.59. The minimum Gasteiger partial charge on any atom is -0.468 e. The lowest BCUT2D eigenvalue weighted by Crippen LogP contribution is -2.62. The number of carbonyl (C=O) groups excluding carboxylic acids is 3. The summed E-state index contributed by atoms with van der Waals surface area (Å²) in [5, 5.41) is 6.45. The molecule has 0 aromatic heterocycles. The van der Waals surface area contributed by atoms with Gasteiger partial charge in [-0.2, -0.15) is 0 Å². The first kappa shape index (κ1) is 21.6. The van der Waals surface area contributed by atoms with Crippen molar-refractivity contribution >= 4 is 29.2 Å². The molecule has 2 spiro atoms. The van der Waals surface area contributed by atoms with Gasteiger partial charge in [-0.15, -0.1) is 0 Å². The summed E-state index contributed by atoms with van der Waals surface area (Å²) in [6.07, 6.45) is 0. The molecular formula is C28H25N3O4. The van der Waals surface area contributed by atoms with Crippen LogP contribution >= 0.6 is 0 Å². The number of hydrogen-bond donors (Lipinski definition) is 2. The summed E-state index contributed by atoms with van der Waals surface area (Å²) in [7, 11) is 1.33. The molecule has 0 unspecified atom stereocenters. The standard InChI is InChI=1S/C28H25N3O4/c1-3-31-21-16-10-8-14-19(21)28(26(31)34)27(18-13-7-9-15-20(18)29-25(27)33)22(17-11-5-4-6-12-17)23(30-28)24(32)35-2/h4-16,22-23,30H,3H2,1-2H3,(H,29,33)/t22-,23+,27-,28-/m0/s1. The third kappa shape index (κ3) is 2.46. The Bertz CT molecular complexity index is 1370. The van der Waals surface area contributed by atoms with E-state index in [1.54, 1.807) is 4.90 Å². The molecule has 4 atom stereocenters. The third-order valence-electron chi connectivity index (χ3n) is 7.82. The molecule has 3 aromatic carbocycles. The minimum absolute atomic E-state index is 0.250. The highest BCUT2D eigenvalue weighted by Gasteiger charge is 2.78. The third-order valence-corrected chi connectivity index (χ3v) is 7.82. The van der Waals surface area contributed by atoms with E-state index in [1.807, 2.05) is 85.8 Å². The van der Waals surface area contributed by atoms with Crippen molar-refractivity contribution in [3.8, 4) is 0 Å². The van der Waals surface area contributed by atoms with Gasteiger partial charge in [-0.25, -0.2) is 0 Å². The number of esters is 1. The Kier molecular flexibility index (Phi) is 4.63. The van der Waals surface area contributed by atoms with E-state index in [0.717, 1.165) is 11.3 Å². The first-order valence-electron chi connectivity index (χ1n) is 11.7. The Balaban J connectivity index is 1.77. The first-order chi connectivity index (χ1) is 17.0. The molecule has 1 fully saturated rings. The molecule has 176 valence electrons. The molecule has 1 saturated heterocycles. The van der Waals surface area contributed by atoms with Crippen LogP contribution in [0.15, 0.2) is 78.9 Å². The van der Waals surface area contributed by atoms with Crippen LogP contribution in [0.1, 0.15) is 29.5 Å². The fourth-order valence-corrected chi connectivity index (χ4v) is 6.59. The van der Waals surface area contributed by atoms with Gasteiger partial charge >= 0.3 is 5.97 Å². The maximum Gasteiger partial charge on any atom is 0.323 e. The van der Waals surface area contributed by atoms with Crippen LogP contribution in [-0.2, 0) is 30.1 Å². The molecule has 7 heteroatoms. The van der Waals surface area contributed by atoms with E-state index in [2.05, 4.69) is 10.6 Å². The largest absolute Gasteiger partial charge is 0.468 e. The van der Waals surface area contributed by atoms with Crippen LogP contribution in [0.5, 0.6) is 0 Å². The van der Waals surface area contributed by atoms with E-state index in [1.165, 1.54) is 7.11 Å². The number of fused-ring (bicyclic) bond motifs is 5. The number of para-hydroxylation sites is 2. The molecule has 3 aromatic rings.